The topological polar surface area (TPSA) is 20.2 Å². The number of phenols is 1. The maximum absolute atomic E-state index is 8.76. The van der Waals surface area contributed by atoms with E-state index in [1.54, 1.807) is 12.1 Å². The summed E-state index contributed by atoms with van der Waals surface area (Å²) >= 11 is 0. The predicted molar refractivity (Wildman–Crippen MR) is 81.0 cm³/mol. The van der Waals surface area contributed by atoms with Crippen molar-refractivity contribution in [3.63, 3.8) is 0 Å². The van der Waals surface area contributed by atoms with Gasteiger partial charge in [0.15, 0.2) is 0 Å². The van der Waals surface area contributed by atoms with Gasteiger partial charge in [0, 0.05) is 0 Å². The van der Waals surface area contributed by atoms with E-state index in [0.29, 0.717) is 16.6 Å². The number of hydrogen-bond acceptors (Lipinski definition) is 1. The summed E-state index contributed by atoms with van der Waals surface area (Å²) < 4.78 is 0. The summed E-state index contributed by atoms with van der Waals surface area (Å²) in [6.45, 7) is 15.8. The zero-order valence-corrected chi connectivity index (χ0v) is 13.2. The van der Waals surface area contributed by atoms with Crippen LogP contribution in [0.2, 0.25) is 0 Å². The molecule has 0 aliphatic heterocycles. The SMILES string of the molecule is CC(C)(C)CCC(C)(C)C.Cc1ccc(O)cc1. The highest BCUT2D eigenvalue weighted by atomic mass is 16.3. The molecule has 1 aromatic rings. The molecular formula is C17H30O. The third-order valence-electron chi connectivity index (χ3n) is 2.66. The van der Waals surface area contributed by atoms with Crippen molar-refractivity contribution >= 4 is 0 Å². The van der Waals surface area contributed by atoms with Gasteiger partial charge in [-0.3, -0.25) is 0 Å². The van der Waals surface area contributed by atoms with Gasteiger partial charge in [0.05, 0.1) is 0 Å². The van der Waals surface area contributed by atoms with Gasteiger partial charge in [0.1, 0.15) is 5.75 Å². The zero-order valence-electron chi connectivity index (χ0n) is 13.2. The minimum Gasteiger partial charge on any atom is -0.508 e. The van der Waals surface area contributed by atoms with Crippen molar-refractivity contribution in [2.45, 2.75) is 61.3 Å². The van der Waals surface area contributed by atoms with Crippen LogP contribution in [0.4, 0.5) is 0 Å². The smallest absolute Gasteiger partial charge is 0.115 e. The summed E-state index contributed by atoms with van der Waals surface area (Å²) in [7, 11) is 0. The van der Waals surface area contributed by atoms with Gasteiger partial charge in [-0.15, -0.1) is 0 Å². The molecule has 0 aliphatic carbocycles. The Hall–Kier alpha value is -0.980. The summed E-state index contributed by atoms with van der Waals surface area (Å²) in [6.07, 6.45) is 2.66. The largest absolute Gasteiger partial charge is 0.508 e. The number of hydrogen-bond donors (Lipinski definition) is 1. The first-order valence-electron chi connectivity index (χ1n) is 6.75. The fourth-order valence-electron chi connectivity index (χ4n) is 1.29. The molecule has 0 amide bonds. The van der Waals surface area contributed by atoms with Crippen molar-refractivity contribution in [3.8, 4) is 5.75 Å². The molecule has 0 saturated carbocycles. The van der Waals surface area contributed by atoms with Crippen LogP contribution < -0.4 is 0 Å². The van der Waals surface area contributed by atoms with E-state index in [-0.39, 0.29) is 0 Å². The standard InChI is InChI=1S/C10H22.C7H8O/c1-9(2,3)7-8-10(4,5)6;1-6-2-4-7(8)5-3-6/h7-8H2,1-6H3;2-5,8H,1H3. The van der Waals surface area contributed by atoms with Gasteiger partial charge in [0.25, 0.3) is 0 Å². The van der Waals surface area contributed by atoms with Crippen molar-refractivity contribution in [2.75, 3.05) is 0 Å². The number of aromatic hydroxyl groups is 1. The van der Waals surface area contributed by atoms with Crippen LogP contribution in [0.5, 0.6) is 5.75 Å². The monoisotopic (exact) mass is 250 g/mol. The Morgan fingerprint density at radius 2 is 1.11 bits per heavy atom. The maximum Gasteiger partial charge on any atom is 0.115 e. The van der Waals surface area contributed by atoms with E-state index >= 15 is 0 Å². The molecule has 0 saturated heterocycles. The van der Waals surface area contributed by atoms with Crippen molar-refractivity contribution in [3.05, 3.63) is 29.8 Å². The van der Waals surface area contributed by atoms with E-state index in [1.807, 2.05) is 19.1 Å². The second kappa shape index (κ2) is 6.82. The van der Waals surface area contributed by atoms with Gasteiger partial charge in [-0.05, 0) is 42.7 Å². The van der Waals surface area contributed by atoms with E-state index in [1.165, 1.54) is 18.4 Å². The van der Waals surface area contributed by atoms with Gasteiger partial charge in [-0.1, -0.05) is 59.2 Å². The van der Waals surface area contributed by atoms with Crippen molar-refractivity contribution in [1.82, 2.24) is 0 Å². The summed E-state index contributed by atoms with van der Waals surface area (Å²) in [6, 6.07) is 7.09. The molecule has 0 bridgehead atoms. The zero-order chi connectivity index (χ0) is 14.4. The molecule has 0 fully saturated rings. The molecule has 1 rings (SSSR count). The fraction of sp³-hybridized carbons (Fsp3) is 0.647. The maximum atomic E-state index is 8.76. The number of rotatable bonds is 1. The molecule has 0 unspecified atom stereocenters. The van der Waals surface area contributed by atoms with E-state index in [2.05, 4.69) is 41.5 Å². The van der Waals surface area contributed by atoms with Gasteiger partial charge in [-0.2, -0.15) is 0 Å². The first-order chi connectivity index (χ1) is 7.99. The molecule has 1 aromatic carbocycles. The first kappa shape index (κ1) is 17.0. The quantitative estimate of drug-likeness (QED) is 0.692. The number of aryl methyl sites for hydroxylation is 1. The van der Waals surface area contributed by atoms with E-state index in [0.717, 1.165) is 0 Å². The molecule has 0 aromatic heterocycles. The molecule has 0 spiro atoms. The second-order valence-electron chi connectivity index (χ2n) is 7.46. The Labute approximate surface area is 113 Å². The molecule has 0 heterocycles. The van der Waals surface area contributed by atoms with Gasteiger partial charge in [-0.25, -0.2) is 0 Å². The summed E-state index contributed by atoms with van der Waals surface area (Å²) in [5.74, 6) is 0.329. The lowest BCUT2D eigenvalue weighted by molar-refractivity contribution is 0.275. The van der Waals surface area contributed by atoms with Gasteiger partial charge in [0.2, 0.25) is 0 Å². The summed E-state index contributed by atoms with van der Waals surface area (Å²) in [5, 5.41) is 8.76. The predicted octanol–water partition coefficient (Wildman–Crippen LogP) is 5.56. The highest BCUT2D eigenvalue weighted by Gasteiger charge is 2.16. The molecule has 1 N–H and O–H groups in total. The minimum atomic E-state index is 0.329. The molecular weight excluding hydrogens is 220 g/mol. The third-order valence-corrected chi connectivity index (χ3v) is 2.66. The van der Waals surface area contributed by atoms with E-state index < -0.39 is 0 Å². The highest BCUT2D eigenvalue weighted by molar-refractivity contribution is 5.24. The van der Waals surface area contributed by atoms with E-state index in [4.69, 9.17) is 5.11 Å². The normalized spacial score (nSPS) is 11.7. The van der Waals surface area contributed by atoms with Crippen LogP contribution in [-0.4, -0.2) is 5.11 Å². The van der Waals surface area contributed by atoms with Crippen LogP contribution in [0.15, 0.2) is 24.3 Å². The lowest BCUT2D eigenvalue weighted by atomic mass is 9.81. The van der Waals surface area contributed by atoms with Crippen molar-refractivity contribution in [2.24, 2.45) is 10.8 Å². The van der Waals surface area contributed by atoms with Crippen molar-refractivity contribution in [1.29, 1.82) is 0 Å². The van der Waals surface area contributed by atoms with Gasteiger partial charge < -0.3 is 5.11 Å². The molecule has 1 nitrogen and oxygen atoms in total. The molecule has 18 heavy (non-hydrogen) atoms. The third kappa shape index (κ3) is 11.5. The van der Waals surface area contributed by atoms with Crippen LogP contribution in [-0.2, 0) is 0 Å². The summed E-state index contributed by atoms with van der Waals surface area (Å²) in [5.41, 5.74) is 2.18. The first-order valence-corrected chi connectivity index (χ1v) is 6.75. The van der Waals surface area contributed by atoms with Crippen LogP contribution >= 0.6 is 0 Å². The number of benzene rings is 1. The lowest BCUT2D eigenvalue weighted by Crippen LogP contribution is -2.12. The van der Waals surface area contributed by atoms with Crippen LogP contribution in [0.25, 0.3) is 0 Å². The Kier molecular flexibility index (Phi) is 6.45. The highest BCUT2D eigenvalue weighted by Crippen LogP contribution is 2.29. The Morgan fingerprint density at radius 1 is 0.778 bits per heavy atom. The van der Waals surface area contributed by atoms with E-state index in [9.17, 15) is 0 Å². The molecule has 0 radical (unpaired) electrons. The van der Waals surface area contributed by atoms with Crippen molar-refractivity contribution < 1.29 is 5.11 Å². The average molecular weight is 250 g/mol. The Balaban J connectivity index is 0.000000327. The van der Waals surface area contributed by atoms with Gasteiger partial charge >= 0.3 is 0 Å². The van der Waals surface area contributed by atoms with Crippen LogP contribution in [0, 0.1) is 17.8 Å². The minimum absolute atomic E-state index is 0.329. The summed E-state index contributed by atoms with van der Waals surface area (Å²) in [4.78, 5) is 0. The molecule has 0 atom stereocenters. The molecule has 0 aliphatic rings. The Morgan fingerprint density at radius 3 is 1.33 bits per heavy atom. The van der Waals surface area contributed by atoms with Crippen LogP contribution in [0.1, 0.15) is 59.9 Å². The fourth-order valence-corrected chi connectivity index (χ4v) is 1.29. The number of phenolic OH excluding ortho intramolecular Hbond substituents is 1. The molecule has 1 heteroatoms. The molecule has 104 valence electrons. The second-order valence-corrected chi connectivity index (χ2v) is 7.46. The average Bonchev–Trinajstić information content (AvgIpc) is 2.19. The van der Waals surface area contributed by atoms with Crippen LogP contribution in [0.3, 0.4) is 0 Å². The Bertz CT molecular complexity index is 287. The lowest BCUT2D eigenvalue weighted by Gasteiger charge is -2.24.